The van der Waals surface area contributed by atoms with Crippen molar-refractivity contribution in [2.75, 3.05) is 92.4 Å². The summed E-state index contributed by atoms with van der Waals surface area (Å²) in [5.41, 5.74) is -3.22. The molecule has 0 aromatic heterocycles. The summed E-state index contributed by atoms with van der Waals surface area (Å²) >= 11 is 0. The smallest absolute Gasteiger partial charge is 0.303 e. The molecular weight excluding hydrogens is 1890 g/mol. The molecule has 3 fully saturated rings. The molecule has 0 spiro atoms. The molecule has 15 atom stereocenters. The molecule has 0 bridgehead atoms. The van der Waals surface area contributed by atoms with E-state index in [2.05, 4.69) is 26.6 Å². The van der Waals surface area contributed by atoms with E-state index < -0.39 is 185 Å². The fourth-order valence-electron chi connectivity index (χ4n) is 16.7. The summed E-state index contributed by atoms with van der Waals surface area (Å²) in [6.07, 6.45) is 1.93. The van der Waals surface area contributed by atoms with Crippen LogP contribution in [0.2, 0.25) is 0 Å². The highest BCUT2D eigenvalue weighted by Crippen LogP contribution is 2.37. The Morgan fingerprint density at radius 3 is 0.923 bits per heavy atom. The zero-order valence-electron chi connectivity index (χ0n) is 85.5. The summed E-state index contributed by atoms with van der Waals surface area (Å²) in [6.45, 7) is 18.1. The fraction of sp³-hybridized carbons (Fsp3) is 0.770. The van der Waals surface area contributed by atoms with E-state index in [4.69, 9.17) is 75.8 Å². The Bertz CT molecular complexity index is 3890. The average Bonchev–Trinajstić information content (AvgIpc) is 0.790. The highest BCUT2D eigenvalue weighted by atomic mass is 19.2. The van der Waals surface area contributed by atoms with E-state index in [-0.39, 0.29) is 235 Å². The van der Waals surface area contributed by atoms with Gasteiger partial charge < -0.3 is 102 Å². The highest BCUT2D eigenvalue weighted by Gasteiger charge is 2.51. The van der Waals surface area contributed by atoms with Crippen LogP contribution in [0.1, 0.15) is 302 Å². The zero-order valence-corrected chi connectivity index (χ0v) is 85.5. The second kappa shape index (κ2) is 68.0. The molecular formula is C100H154F5N5O33. The molecule has 1 aromatic rings. The summed E-state index contributed by atoms with van der Waals surface area (Å²) < 4.78 is 163. The summed E-state index contributed by atoms with van der Waals surface area (Å²) in [6, 6.07) is -2.20. The molecule has 43 heteroatoms. The van der Waals surface area contributed by atoms with Crippen molar-refractivity contribution in [3.05, 3.63) is 29.1 Å². The van der Waals surface area contributed by atoms with Crippen molar-refractivity contribution >= 4 is 100 Å². The number of ether oxygens (including phenoxy) is 16. The minimum absolute atomic E-state index is 0.0111. The zero-order chi connectivity index (χ0) is 106. The topological polar surface area (TPSA) is 498 Å². The number of hydrogen-bond donors (Lipinski definition) is 5. The first-order chi connectivity index (χ1) is 67.7. The number of unbranched alkanes of at least 4 members (excludes halogenated alkanes) is 12. The Kier molecular flexibility index (Phi) is 59.9. The number of benzene rings is 1. The van der Waals surface area contributed by atoms with Gasteiger partial charge in [-0.15, -0.1) is 0 Å². The van der Waals surface area contributed by atoms with Gasteiger partial charge in [0.2, 0.25) is 58.6 Å². The van der Waals surface area contributed by atoms with Crippen molar-refractivity contribution in [1.82, 2.24) is 26.6 Å². The van der Waals surface area contributed by atoms with E-state index in [1.807, 2.05) is 0 Å². The van der Waals surface area contributed by atoms with Crippen LogP contribution in [-0.2, 0) is 153 Å². The first-order valence-electron chi connectivity index (χ1n) is 49.9. The van der Waals surface area contributed by atoms with Gasteiger partial charge in [-0.25, -0.2) is 13.2 Å². The predicted octanol–water partition coefficient (Wildman–Crippen LogP) is 10.8. The van der Waals surface area contributed by atoms with Crippen LogP contribution in [0.15, 0.2) is 0 Å². The quantitative estimate of drug-likeness (QED) is 0.0101. The molecule has 143 heavy (non-hydrogen) atoms. The van der Waals surface area contributed by atoms with Gasteiger partial charge >= 0.3 is 35.8 Å². The predicted molar refractivity (Wildman–Crippen MR) is 500 cm³/mol. The Labute approximate surface area is 834 Å². The summed E-state index contributed by atoms with van der Waals surface area (Å²) in [5, 5.41) is 14.0. The van der Waals surface area contributed by atoms with Crippen molar-refractivity contribution in [3.8, 4) is 5.75 Å². The average molecular weight is 2050 g/mol. The highest BCUT2D eigenvalue weighted by molar-refractivity contribution is 5.87. The largest absolute Gasteiger partial charge is 0.474 e. The maximum atomic E-state index is 14.5. The molecule has 5 N–H and O–H groups in total. The lowest BCUT2D eigenvalue weighted by molar-refractivity contribution is -0.262. The van der Waals surface area contributed by atoms with Crippen LogP contribution in [0.4, 0.5) is 22.0 Å². The fourth-order valence-corrected chi connectivity index (χ4v) is 16.7. The van der Waals surface area contributed by atoms with Gasteiger partial charge in [0.1, 0.15) is 85.4 Å². The Balaban J connectivity index is 1.39. The standard InChI is InChI=1S/C100H154F5N5O33/c1-61-89(108-64(4)111)96(140-78(55-134-67(7)114)92(61)137-70(10)117)131-48-30-27-38-73(120)34-22-19-24-36-75(122)43-51-128-58-100(54-77(124)40-21-17-15-16-18-26-41-81(125)99(13,14)143-95-87(104)85(102)84(101)86(103)88(95)105,59-129-52-44-76(123)37-25-20-23-35-74(121)39-28-31-49-132-97-90(109-65(5)112)62(2)93(138-71(11)118)79(141-97)56-135-68(8)115)60-130-53-45-83(127)107-47-33-46-106-82(126)42-29-32-50-133-98-91(110-66(6)113)63(3)94(139-72(12)119)80(142-98)57-136-69(9)116/h61-63,78-80,89-94,96-98H,15-60H2,1-14H3,(H,106,126)(H,107,127)(H,108,111)(H,109,112)(H,110,113)/t61-,62-,63-,78-,79-,80-,89-,90-,91-,92-,93-,94-,96-,97-,98-/m1/s1. The third kappa shape index (κ3) is 50.0. The SMILES string of the molecule is CC(=O)N[C@H]1[C@H](OCCCCC(=O)CCCCCC(=O)CCOCC(COCCC(=O)CCCCCC(=O)CCCCO[C@@H]2O[C@H](COC(C)=O)[C@H](OC(C)=O)[C@H](C)[C@H]2NC(C)=O)(COCCC(=O)NCCCNC(=O)CCCCO[C@@H]2O[C@H](COC(C)=O)[C@H](OC(C)=O)[C@H](C)[C@H]2NC(C)=O)CC(=O)CCCCCCCCC(=O)C(C)(C)Oc2c(F)c(F)c(F)c(F)c2F)O[C@H](COC(C)=O)[C@H](OC(C)=O)[C@@H]1C. The third-order valence-corrected chi connectivity index (χ3v) is 24.3. The van der Waals surface area contributed by atoms with Gasteiger partial charge in [-0.05, 0) is 97.3 Å². The lowest BCUT2D eigenvalue weighted by atomic mass is 9.83. The minimum atomic E-state index is -2.38. The molecule has 0 radical (unpaired) electrons. The molecule has 3 aliphatic heterocycles. The maximum Gasteiger partial charge on any atom is 0.303 e. The van der Waals surface area contributed by atoms with Gasteiger partial charge in [-0.3, -0.25) is 81.5 Å². The lowest BCUT2D eigenvalue weighted by Crippen LogP contribution is -2.62. The van der Waals surface area contributed by atoms with Gasteiger partial charge in [-0.2, -0.15) is 8.78 Å². The Hall–Kier alpha value is -9.50. The van der Waals surface area contributed by atoms with Crippen LogP contribution in [0.5, 0.6) is 5.75 Å². The maximum absolute atomic E-state index is 14.5. The van der Waals surface area contributed by atoms with E-state index in [9.17, 15) is 103 Å². The van der Waals surface area contributed by atoms with Crippen LogP contribution in [0.25, 0.3) is 0 Å². The van der Waals surface area contributed by atoms with E-state index in [1.54, 1.807) is 20.8 Å². The van der Waals surface area contributed by atoms with Gasteiger partial charge in [-0.1, -0.05) is 59.3 Å². The number of hydrogen-bond acceptors (Lipinski definition) is 33. The number of carbonyl (C=O) groups excluding carboxylic acids is 17. The second-order valence-electron chi connectivity index (χ2n) is 37.5. The molecule has 3 saturated heterocycles. The first kappa shape index (κ1) is 126. The van der Waals surface area contributed by atoms with Crippen LogP contribution in [-0.4, -0.2) is 272 Å². The van der Waals surface area contributed by atoms with E-state index in [0.29, 0.717) is 116 Å². The van der Waals surface area contributed by atoms with Crippen molar-refractivity contribution in [2.24, 2.45) is 23.2 Å². The number of nitrogens with one attached hydrogen (secondary N) is 5. The monoisotopic (exact) mass is 2050 g/mol. The summed E-state index contributed by atoms with van der Waals surface area (Å²) in [4.78, 5) is 215. The molecule has 0 unspecified atom stereocenters. The number of ketones is 6. The number of halogens is 5. The molecule has 812 valence electrons. The third-order valence-electron chi connectivity index (χ3n) is 24.3. The van der Waals surface area contributed by atoms with Crippen molar-refractivity contribution in [1.29, 1.82) is 0 Å². The van der Waals surface area contributed by atoms with Crippen molar-refractivity contribution < 1.29 is 179 Å². The lowest BCUT2D eigenvalue weighted by Gasteiger charge is -2.44. The number of carbonyl (C=O) groups is 17. The molecule has 1 aromatic carbocycles. The van der Waals surface area contributed by atoms with E-state index in [1.165, 1.54) is 62.3 Å². The number of esters is 6. The number of rotatable bonds is 75. The minimum Gasteiger partial charge on any atom is -0.474 e. The molecule has 5 amide bonds. The van der Waals surface area contributed by atoms with Crippen LogP contribution < -0.4 is 31.3 Å². The van der Waals surface area contributed by atoms with Crippen LogP contribution in [0, 0.1) is 52.3 Å². The van der Waals surface area contributed by atoms with Crippen LogP contribution >= 0.6 is 0 Å². The molecule has 0 saturated carbocycles. The summed E-state index contributed by atoms with van der Waals surface area (Å²) in [5.74, 6) is -20.8. The first-order valence-corrected chi connectivity index (χ1v) is 49.9. The van der Waals surface area contributed by atoms with E-state index >= 15 is 0 Å². The Morgan fingerprint density at radius 1 is 0.315 bits per heavy atom. The van der Waals surface area contributed by atoms with Crippen LogP contribution in [0.3, 0.4) is 0 Å². The molecule has 38 nitrogen and oxygen atoms in total. The second-order valence-corrected chi connectivity index (χ2v) is 37.5. The van der Waals surface area contributed by atoms with Gasteiger partial charge in [0, 0.05) is 202 Å². The van der Waals surface area contributed by atoms with Crippen molar-refractivity contribution in [3.63, 3.8) is 0 Å². The van der Waals surface area contributed by atoms with Crippen molar-refractivity contribution in [2.45, 2.75) is 382 Å². The summed E-state index contributed by atoms with van der Waals surface area (Å²) in [7, 11) is 0. The van der Waals surface area contributed by atoms with Gasteiger partial charge in [0.25, 0.3) is 0 Å². The number of amides is 5. The molecule has 3 aliphatic rings. The Morgan fingerprint density at radius 2 is 0.594 bits per heavy atom. The van der Waals surface area contributed by atoms with Gasteiger partial charge in [0.15, 0.2) is 36.0 Å². The normalized spacial score (nSPS) is 21.1. The number of Topliss-reactive ketones (excluding diaryl/α,β-unsaturated/α-hetero) is 6. The molecule has 3 heterocycles. The van der Waals surface area contributed by atoms with E-state index in [0.717, 1.165) is 13.8 Å². The molecule has 0 aliphatic carbocycles. The van der Waals surface area contributed by atoms with Gasteiger partial charge in [0.05, 0.1) is 57.8 Å². The molecule has 4 rings (SSSR count).